The van der Waals surface area contributed by atoms with Crippen LogP contribution in [-0.2, 0) is 38.6 Å². The first-order chi connectivity index (χ1) is 27.3. The first-order valence-corrected chi connectivity index (χ1v) is 19.5. The summed E-state index contributed by atoms with van der Waals surface area (Å²) in [4.78, 5) is 31.6. The molecule has 56 heavy (non-hydrogen) atoms. The number of nitrogens with one attached hydrogen (secondary N) is 2. The molecule has 6 rings (SSSR count). The van der Waals surface area contributed by atoms with Gasteiger partial charge >= 0.3 is 0 Å². The SMILES string of the molecule is CN(CCc1ccccn1)C[C@@H]1C[C@H](c2ccc(CO)cc2)O[C@H](c2ccc(-c3cccc(CNC(=O)CCCCCC(=O)Nc4ccccc4N)c3)cc2)O1. The fourth-order valence-corrected chi connectivity index (χ4v) is 6.88. The van der Waals surface area contributed by atoms with Crippen molar-refractivity contribution in [2.75, 3.05) is 31.2 Å². The Labute approximate surface area is 330 Å². The van der Waals surface area contributed by atoms with E-state index in [1.165, 1.54) is 0 Å². The van der Waals surface area contributed by atoms with Crippen LogP contribution in [0.25, 0.3) is 11.1 Å². The van der Waals surface area contributed by atoms with E-state index in [4.69, 9.17) is 15.2 Å². The summed E-state index contributed by atoms with van der Waals surface area (Å²) in [6.45, 7) is 2.06. The van der Waals surface area contributed by atoms with Crippen molar-refractivity contribution < 1.29 is 24.2 Å². The van der Waals surface area contributed by atoms with Crippen molar-refractivity contribution in [1.29, 1.82) is 0 Å². The lowest BCUT2D eigenvalue weighted by Crippen LogP contribution is -2.38. The smallest absolute Gasteiger partial charge is 0.224 e. The van der Waals surface area contributed by atoms with Crippen LogP contribution in [0.4, 0.5) is 11.4 Å². The van der Waals surface area contributed by atoms with Crippen molar-refractivity contribution in [1.82, 2.24) is 15.2 Å². The number of rotatable bonds is 18. The number of aromatic nitrogens is 1. The predicted octanol–water partition coefficient (Wildman–Crippen LogP) is 7.75. The van der Waals surface area contributed by atoms with Crippen LogP contribution in [-0.4, -0.2) is 53.0 Å². The fourth-order valence-electron chi connectivity index (χ4n) is 6.88. The Morgan fingerprint density at radius 3 is 2.30 bits per heavy atom. The molecule has 1 aliphatic rings. The van der Waals surface area contributed by atoms with Crippen LogP contribution >= 0.6 is 0 Å². The number of nitrogens with two attached hydrogens (primary N) is 1. The Balaban J connectivity index is 0.999. The second-order valence-electron chi connectivity index (χ2n) is 14.5. The maximum Gasteiger partial charge on any atom is 0.224 e. The minimum absolute atomic E-state index is 0.00206. The molecule has 1 saturated heterocycles. The molecule has 1 aromatic heterocycles. The van der Waals surface area contributed by atoms with Gasteiger partial charge in [-0.1, -0.05) is 91.3 Å². The van der Waals surface area contributed by atoms with Crippen molar-refractivity contribution in [3.8, 4) is 11.1 Å². The molecule has 5 aromatic rings. The number of aliphatic hydroxyl groups excluding tert-OH is 1. The molecule has 1 aliphatic heterocycles. The Bertz CT molecular complexity index is 1990. The normalized spacial score (nSPS) is 16.7. The van der Waals surface area contributed by atoms with Crippen LogP contribution in [0.1, 0.15) is 78.9 Å². The van der Waals surface area contributed by atoms with Crippen LogP contribution in [0.5, 0.6) is 0 Å². The number of para-hydroxylation sites is 2. The summed E-state index contributed by atoms with van der Waals surface area (Å²) in [6.07, 6.45) is 5.67. The minimum atomic E-state index is -0.540. The maximum absolute atomic E-state index is 12.6. The Kier molecular flexibility index (Phi) is 14.7. The number of ether oxygens (including phenoxy) is 2. The summed E-state index contributed by atoms with van der Waals surface area (Å²) in [7, 11) is 2.12. The highest BCUT2D eigenvalue weighted by Crippen LogP contribution is 2.38. The number of carbonyl (C=O) groups excluding carboxylic acids is 2. The monoisotopic (exact) mass is 755 g/mol. The van der Waals surface area contributed by atoms with Gasteiger partial charge in [-0.05, 0) is 78.0 Å². The molecule has 10 heteroatoms. The average Bonchev–Trinajstić information content (AvgIpc) is 3.23. The number of anilines is 2. The standard InChI is InChI=1S/C46H53N5O5/c1-51(27-25-39-12-7-8-26-48-39)31-40-29-43(36-19-17-33(32-52)18-20-36)56-46(55-40)37-23-21-35(22-24-37)38-11-9-10-34(28-38)30-49-44(53)15-3-2-4-16-45(54)50-42-14-6-5-13-41(42)47/h5-14,17-24,26,28,40,43,46,52H,2-4,15-16,25,27,29-32,47H2,1H3,(H,49,53)(H,50,54)/t40-,43+,46+/m0/s1. The number of hydrogen-bond acceptors (Lipinski definition) is 8. The van der Waals surface area contributed by atoms with Gasteiger partial charge in [-0.25, -0.2) is 0 Å². The summed E-state index contributed by atoms with van der Waals surface area (Å²) in [5.41, 5.74) is 14.1. The molecular formula is C46H53N5O5. The predicted molar refractivity (Wildman–Crippen MR) is 220 cm³/mol. The van der Waals surface area contributed by atoms with Crippen molar-refractivity contribution >= 4 is 23.2 Å². The topological polar surface area (TPSA) is 139 Å². The van der Waals surface area contributed by atoms with Gasteiger partial charge < -0.3 is 35.8 Å². The molecule has 0 spiro atoms. The van der Waals surface area contributed by atoms with Gasteiger partial charge in [0.2, 0.25) is 11.8 Å². The van der Waals surface area contributed by atoms with Gasteiger partial charge in [0.1, 0.15) is 0 Å². The number of benzene rings is 4. The lowest BCUT2D eigenvalue weighted by molar-refractivity contribution is -0.252. The summed E-state index contributed by atoms with van der Waals surface area (Å²) in [5.74, 6) is -0.0810. The van der Waals surface area contributed by atoms with Crippen molar-refractivity contribution in [2.24, 2.45) is 0 Å². The molecule has 292 valence electrons. The third-order valence-electron chi connectivity index (χ3n) is 10.1. The second-order valence-corrected chi connectivity index (χ2v) is 14.5. The number of hydrogen-bond donors (Lipinski definition) is 4. The van der Waals surface area contributed by atoms with E-state index in [1.54, 1.807) is 12.1 Å². The zero-order chi connectivity index (χ0) is 39.1. The molecule has 3 atom stereocenters. The largest absolute Gasteiger partial charge is 0.397 e. The van der Waals surface area contributed by atoms with Crippen LogP contribution < -0.4 is 16.4 Å². The molecule has 5 N–H and O–H groups in total. The number of nitrogen functional groups attached to an aromatic ring is 1. The van der Waals surface area contributed by atoms with E-state index in [1.807, 2.05) is 66.9 Å². The van der Waals surface area contributed by atoms with E-state index in [2.05, 4.69) is 70.0 Å². The molecular weight excluding hydrogens is 703 g/mol. The summed E-state index contributed by atoms with van der Waals surface area (Å²) < 4.78 is 13.2. The van der Waals surface area contributed by atoms with Gasteiger partial charge in [0.25, 0.3) is 0 Å². The van der Waals surface area contributed by atoms with E-state index >= 15 is 0 Å². The number of pyridine rings is 1. The second kappa shape index (κ2) is 20.5. The fraction of sp³-hybridized carbons (Fsp3) is 0.326. The number of likely N-dealkylation sites (N-methyl/N-ethyl adjacent to an activating group) is 1. The molecule has 0 radical (unpaired) electrons. The van der Waals surface area contributed by atoms with Crippen molar-refractivity contribution in [3.63, 3.8) is 0 Å². The van der Waals surface area contributed by atoms with E-state index in [0.29, 0.717) is 50.0 Å². The highest BCUT2D eigenvalue weighted by molar-refractivity contribution is 5.93. The van der Waals surface area contributed by atoms with Gasteiger partial charge in [-0.3, -0.25) is 14.6 Å². The van der Waals surface area contributed by atoms with Gasteiger partial charge in [0.05, 0.1) is 30.2 Å². The molecule has 0 aliphatic carbocycles. The average molecular weight is 756 g/mol. The van der Waals surface area contributed by atoms with E-state index in [9.17, 15) is 14.7 Å². The minimum Gasteiger partial charge on any atom is -0.397 e. The zero-order valence-electron chi connectivity index (χ0n) is 32.1. The highest BCUT2D eigenvalue weighted by atomic mass is 16.7. The molecule has 10 nitrogen and oxygen atoms in total. The number of carbonyl (C=O) groups is 2. The number of nitrogens with zero attached hydrogens (tertiary/aromatic N) is 2. The van der Waals surface area contributed by atoms with Gasteiger partial charge in [0.15, 0.2) is 6.29 Å². The molecule has 1 fully saturated rings. The Hall–Kier alpha value is -5.39. The van der Waals surface area contributed by atoms with E-state index in [0.717, 1.165) is 65.0 Å². The van der Waals surface area contributed by atoms with Crippen LogP contribution in [0.15, 0.2) is 121 Å². The highest BCUT2D eigenvalue weighted by Gasteiger charge is 2.32. The van der Waals surface area contributed by atoms with Crippen molar-refractivity contribution in [2.45, 2.75) is 76.6 Å². The maximum atomic E-state index is 12.6. The third kappa shape index (κ3) is 12.1. The molecule has 0 saturated carbocycles. The van der Waals surface area contributed by atoms with Crippen LogP contribution in [0, 0.1) is 0 Å². The summed E-state index contributed by atoms with van der Waals surface area (Å²) in [6, 6.07) is 37.7. The molecule has 4 aromatic carbocycles. The number of aliphatic hydroxyl groups is 1. The van der Waals surface area contributed by atoms with Crippen molar-refractivity contribution in [3.05, 3.63) is 149 Å². The van der Waals surface area contributed by atoms with E-state index in [-0.39, 0.29) is 30.6 Å². The van der Waals surface area contributed by atoms with Gasteiger partial charge in [0, 0.05) is 62.8 Å². The summed E-state index contributed by atoms with van der Waals surface area (Å²) in [5, 5.41) is 15.5. The Morgan fingerprint density at radius 1 is 0.804 bits per heavy atom. The van der Waals surface area contributed by atoms with Gasteiger partial charge in [-0.2, -0.15) is 0 Å². The van der Waals surface area contributed by atoms with Crippen LogP contribution in [0.3, 0.4) is 0 Å². The number of amides is 2. The number of unbranched alkanes of at least 4 members (excludes halogenated alkanes) is 2. The van der Waals surface area contributed by atoms with E-state index < -0.39 is 6.29 Å². The molecule has 2 amide bonds. The van der Waals surface area contributed by atoms with Gasteiger partial charge in [-0.15, -0.1) is 0 Å². The first-order valence-electron chi connectivity index (χ1n) is 19.5. The lowest BCUT2D eigenvalue weighted by Gasteiger charge is -2.38. The molecule has 2 heterocycles. The van der Waals surface area contributed by atoms with Crippen LogP contribution in [0.2, 0.25) is 0 Å². The zero-order valence-corrected chi connectivity index (χ0v) is 32.1. The quantitative estimate of drug-likeness (QED) is 0.0526. The third-order valence-corrected chi connectivity index (χ3v) is 10.1. The molecule has 0 unspecified atom stereocenters. The lowest BCUT2D eigenvalue weighted by atomic mass is 9.99. The first kappa shape index (κ1) is 40.3. The summed E-state index contributed by atoms with van der Waals surface area (Å²) >= 11 is 0. The Morgan fingerprint density at radius 2 is 1.55 bits per heavy atom. The molecule has 0 bridgehead atoms.